The molecule has 0 radical (unpaired) electrons. The maximum absolute atomic E-state index is 12.7. The number of aliphatic hydroxyl groups excluding tert-OH is 1. The number of para-hydroxylation sites is 1. The van der Waals surface area contributed by atoms with Crippen molar-refractivity contribution < 1.29 is 5.11 Å². The first kappa shape index (κ1) is 13.8. The Kier molecular flexibility index (Phi) is 3.58. The topological polar surface area (TPSA) is 55.1 Å². The van der Waals surface area contributed by atoms with Crippen molar-refractivity contribution in [3.63, 3.8) is 0 Å². The quantitative estimate of drug-likeness (QED) is 0.752. The van der Waals surface area contributed by atoms with E-state index in [-0.39, 0.29) is 16.9 Å². The Morgan fingerprint density at radius 3 is 2.36 bits per heavy atom. The molecule has 0 atom stereocenters. The van der Waals surface area contributed by atoms with Crippen LogP contribution >= 0.6 is 0 Å². The minimum Gasteiger partial charge on any atom is -0.508 e. The molecule has 0 bridgehead atoms. The largest absolute Gasteiger partial charge is 0.508 e. The minimum absolute atomic E-state index is 0.170. The van der Waals surface area contributed by atoms with E-state index in [0.29, 0.717) is 17.1 Å². The molecular formula is C18H14N2O2. The molecule has 0 amide bonds. The van der Waals surface area contributed by atoms with E-state index < -0.39 is 0 Å². The SMILES string of the molecule is C=C(O)c1ccc(-c2ccccn2)n(-c2ccccc2)c1=O. The van der Waals surface area contributed by atoms with Gasteiger partial charge in [0.25, 0.3) is 5.56 Å². The second-order valence-corrected chi connectivity index (χ2v) is 4.77. The van der Waals surface area contributed by atoms with Gasteiger partial charge in [0.2, 0.25) is 0 Å². The van der Waals surface area contributed by atoms with Gasteiger partial charge in [-0.1, -0.05) is 30.8 Å². The number of rotatable bonds is 3. The lowest BCUT2D eigenvalue weighted by atomic mass is 10.1. The summed E-state index contributed by atoms with van der Waals surface area (Å²) in [6, 6.07) is 18.1. The highest BCUT2D eigenvalue weighted by Crippen LogP contribution is 2.20. The summed E-state index contributed by atoms with van der Waals surface area (Å²) in [6.07, 6.45) is 1.67. The molecule has 0 saturated carbocycles. The van der Waals surface area contributed by atoms with Crippen LogP contribution < -0.4 is 5.56 Å². The van der Waals surface area contributed by atoms with Gasteiger partial charge in [0.15, 0.2) is 0 Å². The molecule has 0 aliphatic rings. The Balaban J connectivity index is 2.35. The number of benzene rings is 1. The molecule has 22 heavy (non-hydrogen) atoms. The summed E-state index contributed by atoms with van der Waals surface area (Å²) in [5.74, 6) is -0.248. The monoisotopic (exact) mass is 290 g/mol. The molecule has 0 fully saturated rings. The Hall–Kier alpha value is -3.14. The van der Waals surface area contributed by atoms with E-state index in [9.17, 15) is 9.90 Å². The molecule has 2 heterocycles. The molecule has 108 valence electrons. The van der Waals surface area contributed by atoms with Gasteiger partial charge in [-0.25, -0.2) is 0 Å². The average molecular weight is 290 g/mol. The van der Waals surface area contributed by atoms with Crippen molar-refractivity contribution in [1.29, 1.82) is 0 Å². The maximum atomic E-state index is 12.7. The first-order chi connectivity index (χ1) is 10.7. The lowest BCUT2D eigenvalue weighted by molar-refractivity contribution is 0.512. The summed E-state index contributed by atoms with van der Waals surface area (Å²) in [5.41, 5.74) is 1.88. The molecule has 0 aliphatic heterocycles. The van der Waals surface area contributed by atoms with E-state index in [0.717, 1.165) is 0 Å². The molecule has 4 nitrogen and oxygen atoms in total. The molecule has 4 heteroatoms. The van der Waals surface area contributed by atoms with Gasteiger partial charge >= 0.3 is 0 Å². The van der Waals surface area contributed by atoms with Gasteiger partial charge in [-0.2, -0.15) is 0 Å². The van der Waals surface area contributed by atoms with E-state index in [1.165, 1.54) is 4.57 Å². The zero-order chi connectivity index (χ0) is 15.5. The van der Waals surface area contributed by atoms with Crippen LogP contribution in [0.4, 0.5) is 0 Å². The second-order valence-electron chi connectivity index (χ2n) is 4.77. The molecule has 3 aromatic rings. The molecular weight excluding hydrogens is 276 g/mol. The number of hydrogen-bond donors (Lipinski definition) is 1. The molecule has 0 aliphatic carbocycles. The van der Waals surface area contributed by atoms with Crippen LogP contribution in [0.15, 0.2) is 78.2 Å². The lowest BCUT2D eigenvalue weighted by Crippen LogP contribution is -2.23. The van der Waals surface area contributed by atoms with Crippen molar-refractivity contribution >= 4 is 5.76 Å². The maximum Gasteiger partial charge on any atom is 0.266 e. The third kappa shape index (κ3) is 2.42. The standard InChI is InChI=1S/C18H14N2O2/c1-13(21)15-10-11-17(16-9-5-6-12-19-16)20(18(15)22)14-7-3-2-4-8-14/h2-12,21H,1H2. The van der Waals surface area contributed by atoms with Gasteiger partial charge in [0, 0.05) is 11.9 Å². The predicted molar refractivity (Wildman–Crippen MR) is 86.9 cm³/mol. The van der Waals surface area contributed by atoms with Gasteiger partial charge in [-0.15, -0.1) is 0 Å². The van der Waals surface area contributed by atoms with Crippen LogP contribution in [0, 0.1) is 0 Å². The normalized spacial score (nSPS) is 10.4. The van der Waals surface area contributed by atoms with Crippen LogP contribution in [0.5, 0.6) is 0 Å². The van der Waals surface area contributed by atoms with Crippen LogP contribution in [0.2, 0.25) is 0 Å². The van der Waals surface area contributed by atoms with Gasteiger partial charge in [-0.05, 0) is 36.4 Å². The lowest BCUT2D eigenvalue weighted by Gasteiger charge is -2.14. The second kappa shape index (κ2) is 5.69. The van der Waals surface area contributed by atoms with Crippen LogP contribution in [-0.2, 0) is 0 Å². The first-order valence-corrected chi connectivity index (χ1v) is 6.79. The fraction of sp³-hybridized carbons (Fsp3) is 0. The molecule has 2 aromatic heterocycles. The Morgan fingerprint density at radius 1 is 1.00 bits per heavy atom. The number of hydrogen-bond acceptors (Lipinski definition) is 3. The molecule has 0 unspecified atom stereocenters. The van der Waals surface area contributed by atoms with Gasteiger partial charge in [-0.3, -0.25) is 14.3 Å². The van der Waals surface area contributed by atoms with Gasteiger partial charge in [0.05, 0.1) is 17.0 Å². The van der Waals surface area contributed by atoms with Gasteiger partial charge < -0.3 is 5.11 Å². The highest BCUT2D eigenvalue weighted by atomic mass is 16.3. The summed E-state index contributed by atoms with van der Waals surface area (Å²) in [4.78, 5) is 17.0. The van der Waals surface area contributed by atoms with Crippen molar-refractivity contribution in [2.45, 2.75) is 0 Å². The van der Waals surface area contributed by atoms with E-state index in [1.807, 2.05) is 48.5 Å². The smallest absolute Gasteiger partial charge is 0.266 e. The molecule has 0 spiro atoms. The summed E-state index contributed by atoms with van der Waals surface area (Å²) in [7, 11) is 0. The molecule has 3 rings (SSSR count). The van der Waals surface area contributed by atoms with Gasteiger partial charge in [0.1, 0.15) is 5.76 Å². The van der Waals surface area contributed by atoms with E-state index >= 15 is 0 Å². The fourth-order valence-corrected chi connectivity index (χ4v) is 2.31. The third-order valence-electron chi connectivity index (χ3n) is 3.33. The Morgan fingerprint density at radius 2 is 1.73 bits per heavy atom. The van der Waals surface area contributed by atoms with Crippen molar-refractivity contribution in [1.82, 2.24) is 9.55 Å². The summed E-state index contributed by atoms with van der Waals surface area (Å²) in [6.45, 7) is 3.45. The number of aliphatic hydroxyl groups is 1. The summed E-state index contributed by atoms with van der Waals surface area (Å²) >= 11 is 0. The van der Waals surface area contributed by atoms with Crippen molar-refractivity contribution in [3.05, 3.63) is 89.4 Å². The zero-order valence-electron chi connectivity index (χ0n) is 11.8. The van der Waals surface area contributed by atoms with E-state index in [2.05, 4.69) is 11.6 Å². The van der Waals surface area contributed by atoms with Crippen molar-refractivity contribution in [2.75, 3.05) is 0 Å². The minimum atomic E-state index is -0.332. The molecule has 1 N–H and O–H groups in total. The average Bonchev–Trinajstić information content (AvgIpc) is 2.55. The Bertz CT molecular complexity index is 869. The highest BCUT2D eigenvalue weighted by molar-refractivity contribution is 5.63. The fourth-order valence-electron chi connectivity index (χ4n) is 2.31. The highest BCUT2D eigenvalue weighted by Gasteiger charge is 2.14. The third-order valence-corrected chi connectivity index (χ3v) is 3.33. The van der Waals surface area contributed by atoms with Crippen LogP contribution in [0.25, 0.3) is 22.8 Å². The van der Waals surface area contributed by atoms with E-state index in [1.54, 1.807) is 18.3 Å². The van der Waals surface area contributed by atoms with Crippen molar-refractivity contribution in [2.24, 2.45) is 0 Å². The van der Waals surface area contributed by atoms with Crippen LogP contribution in [-0.4, -0.2) is 14.7 Å². The molecule has 0 saturated heterocycles. The number of nitrogens with zero attached hydrogens (tertiary/aromatic N) is 2. The van der Waals surface area contributed by atoms with E-state index in [4.69, 9.17) is 0 Å². The predicted octanol–water partition coefficient (Wildman–Crippen LogP) is 3.43. The van der Waals surface area contributed by atoms with Crippen LogP contribution in [0.3, 0.4) is 0 Å². The summed E-state index contributed by atoms with van der Waals surface area (Å²) in [5, 5.41) is 9.61. The first-order valence-electron chi connectivity index (χ1n) is 6.79. The molecule has 1 aromatic carbocycles. The summed E-state index contributed by atoms with van der Waals surface area (Å²) < 4.78 is 1.53. The van der Waals surface area contributed by atoms with Crippen molar-refractivity contribution in [3.8, 4) is 17.1 Å². The number of pyridine rings is 2. The zero-order valence-corrected chi connectivity index (χ0v) is 11.8. The number of aromatic nitrogens is 2. The van der Waals surface area contributed by atoms with Crippen LogP contribution in [0.1, 0.15) is 5.56 Å². The Labute approximate surface area is 127 Å².